The van der Waals surface area contributed by atoms with Crippen LogP contribution >= 0.6 is 45.5 Å². The lowest BCUT2D eigenvalue weighted by Crippen LogP contribution is -1.87. The maximum atomic E-state index is 4.72. The van der Waals surface area contributed by atoms with Gasteiger partial charge >= 0.3 is 0 Å². The van der Waals surface area contributed by atoms with E-state index in [9.17, 15) is 0 Å². The lowest BCUT2D eigenvalue weighted by molar-refractivity contribution is 0.392. The number of imidazole rings is 2. The average Bonchev–Trinajstić information content (AvgIpc) is 1.72. The molecular formula is C64H85N29O4S4. The van der Waals surface area contributed by atoms with Gasteiger partial charge in [0.25, 0.3) is 0 Å². The first-order valence-corrected chi connectivity index (χ1v) is 33.4. The Hall–Kier alpha value is -11.7. The highest BCUT2D eigenvalue weighted by molar-refractivity contribution is 7.11. The van der Waals surface area contributed by atoms with E-state index in [-0.39, 0.29) is 0 Å². The van der Waals surface area contributed by atoms with Crippen LogP contribution in [0.2, 0.25) is 0 Å². The van der Waals surface area contributed by atoms with E-state index >= 15 is 0 Å². The molecule has 17 rings (SSSR count). The third-order valence-corrected chi connectivity index (χ3v) is 13.8. The zero-order chi connectivity index (χ0) is 73.8. The van der Waals surface area contributed by atoms with Gasteiger partial charge in [-0.2, -0.15) is 55.5 Å². The summed E-state index contributed by atoms with van der Waals surface area (Å²) >= 11 is 6.37. The predicted octanol–water partition coefficient (Wildman–Crippen LogP) is 12.9. The van der Waals surface area contributed by atoms with Crippen LogP contribution in [0.4, 0.5) is 0 Å². The van der Waals surface area contributed by atoms with Gasteiger partial charge in [0.2, 0.25) is 18.2 Å². The Morgan fingerprint density at radius 1 is 0.525 bits per heavy atom. The minimum Gasteiger partial charge on any atom is -0.449 e. The van der Waals surface area contributed by atoms with Crippen LogP contribution in [-0.2, 0) is 14.1 Å². The molecule has 0 aliphatic rings. The number of H-pyrrole nitrogens is 4. The highest BCUT2D eigenvalue weighted by Crippen LogP contribution is 2.11. The molecule has 0 saturated carbocycles. The van der Waals surface area contributed by atoms with Crippen molar-refractivity contribution >= 4 is 62.0 Å². The van der Waals surface area contributed by atoms with Crippen LogP contribution < -0.4 is 0 Å². The molecule has 0 saturated heterocycles. The lowest BCUT2D eigenvalue weighted by Gasteiger charge is -1.91. The quantitative estimate of drug-likeness (QED) is 0.110. The molecule has 101 heavy (non-hydrogen) atoms. The Morgan fingerprint density at radius 3 is 1.59 bits per heavy atom. The molecule has 0 amide bonds. The summed E-state index contributed by atoms with van der Waals surface area (Å²) < 4.78 is 28.0. The van der Waals surface area contributed by atoms with Gasteiger partial charge in [0.05, 0.1) is 75.8 Å². The summed E-state index contributed by atoms with van der Waals surface area (Å²) in [5, 5.41) is 55.9. The number of hydrogen-bond donors (Lipinski definition) is 4. The van der Waals surface area contributed by atoms with Gasteiger partial charge in [-0.05, 0) is 125 Å². The molecular weight excluding hydrogens is 1370 g/mol. The number of aromatic amines is 4. The highest BCUT2D eigenvalue weighted by atomic mass is 32.1. The van der Waals surface area contributed by atoms with Gasteiger partial charge in [-0.15, -0.1) is 54.4 Å². The van der Waals surface area contributed by atoms with E-state index in [2.05, 4.69) is 163 Å². The number of nitrogens with one attached hydrogen (secondary N) is 4. The zero-order valence-electron chi connectivity index (χ0n) is 59.5. The molecule has 17 aromatic rings. The summed E-state index contributed by atoms with van der Waals surface area (Å²) in [6.07, 6.45) is 30.5. The average molecular weight is 1450 g/mol. The minimum absolute atomic E-state index is 0.606. The molecule has 0 spiro atoms. The third kappa shape index (κ3) is 41.2. The first-order chi connectivity index (χ1) is 48.6. The topological polar surface area (TPSA) is 414 Å². The first kappa shape index (κ1) is 83.5. The van der Waals surface area contributed by atoms with Gasteiger partial charge in [0, 0.05) is 87.2 Å². The van der Waals surface area contributed by atoms with Crippen LogP contribution in [0.1, 0.15) is 88.3 Å². The van der Waals surface area contributed by atoms with Crippen molar-refractivity contribution in [2.75, 3.05) is 0 Å². The zero-order valence-corrected chi connectivity index (χ0v) is 62.8. The van der Waals surface area contributed by atoms with Crippen LogP contribution in [0.25, 0.3) is 16.4 Å². The van der Waals surface area contributed by atoms with Crippen molar-refractivity contribution in [3.05, 3.63) is 254 Å². The first-order valence-electron chi connectivity index (χ1n) is 30.1. The van der Waals surface area contributed by atoms with Crippen LogP contribution in [0.5, 0.6) is 0 Å². The number of oxazole rings is 2. The van der Waals surface area contributed by atoms with E-state index in [4.69, 9.17) is 8.83 Å². The number of para-hydroxylation sites is 1. The molecule has 0 atom stereocenters. The van der Waals surface area contributed by atoms with Crippen molar-refractivity contribution in [3.8, 4) is 0 Å². The predicted molar refractivity (Wildman–Crippen MR) is 388 cm³/mol. The fourth-order valence-corrected chi connectivity index (χ4v) is 7.93. The van der Waals surface area contributed by atoms with E-state index in [0.29, 0.717) is 11.8 Å². The largest absolute Gasteiger partial charge is 0.449 e. The second-order valence-electron chi connectivity index (χ2n) is 19.8. The number of aromatic nitrogens is 29. The van der Waals surface area contributed by atoms with Crippen molar-refractivity contribution < 1.29 is 17.8 Å². The van der Waals surface area contributed by atoms with Crippen LogP contribution in [0.15, 0.2) is 184 Å². The maximum absolute atomic E-state index is 4.72. The highest BCUT2D eigenvalue weighted by Gasteiger charge is 1.96. The van der Waals surface area contributed by atoms with E-state index in [0.717, 1.165) is 66.7 Å². The standard InChI is InChI=1S/2C8H8N2.C5H8N2.C5H7NS.C4H7N3.C4H6N2.2C4H5NO.C4H5NS.2C3H5N3.2C3H4N2O.2C3H4N2S/c1-10-8-5-3-2-4-7(8)6-9-10;1-7-9-6-8-4-2-3-5-10(7)8;1-5-3-6-7(2)4-5;1-4-3-6-5(2)7-4;1-3-4(2)6-7-5-3;1-4-5-2-3-6-4;1-4-2-5-3-6-4;1-4-5-2-3-6-4;1-4-2-5-3-6-4;1-3-4-2-5-6-3;1-3-2-4-6-5-3;1-3-5-4-2-6-3;1-3-4-2-5-6-3;1-3-5-4-2-6-3;1-3-4-2-5-6-3/h2*2-6H,1H3;3-4H,1-2H3;3H,1-2H3;1-2H3,(H,5,6,7);2-3H,1H3,(H,5,6);3*2-3H,1H3;2*2H,1H3,(H,4,5,6);4*2H,1H3. The van der Waals surface area contributed by atoms with Gasteiger partial charge < -0.3 is 27.2 Å². The second kappa shape index (κ2) is 50.6. The molecule has 534 valence electrons. The number of rotatable bonds is 0. The summed E-state index contributed by atoms with van der Waals surface area (Å²) in [4.78, 5) is 40.0. The van der Waals surface area contributed by atoms with Gasteiger partial charge in [-0.25, -0.2) is 34.9 Å². The molecule has 16 heterocycles. The smallest absolute Gasteiger partial charge is 0.223 e. The SMILES string of the molecule is Cc1cn[nH]n1.Cc1cnc(C)s1.Cc1cnco1.Cc1cncs1.Cc1cnn(C)c1.Cc1n[nH]nc1C.Cc1ncc2ccccn12.Cc1ncc[nH]1.Cc1ncco1.Cc1ncn[nH]1.Cc1ncno1.Cc1ncns1.Cc1nnco1.Cc1nncs1.Cn1ncc2ccccc21. The monoisotopic (exact) mass is 1450 g/mol. The Kier molecular flexibility index (Phi) is 41.9. The van der Waals surface area contributed by atoms with Crippen molar-refractivity contribution in [1.29, 1.82) is 0 Å². The van der Waals surface area contributed by atoms with Gasteiger partial charge in [0.15, 0.2) is 18.6 Å². The molecule has 37 heteroatoms. The van der Waals surface area contributed by atoms with E-state index in [1.807, 2.05) is 181 Å². The van der Waals surface area contributed by atoms with Crippen molar-refractivity contribution in [3.63, 3.8) is 0 Å². The third-order valence-electron chi connectivity index (χ3n) is 11.1. The number of fused-ring (bicyclic) bond motifs is 2. The Bertz CT molecular complexity index is 3830. The molecule has 0 fully saturated rings. The summed E-state index contributed by atoms with van der Waals surface area (Å²) in [5.74, 6) is 5.65. The van der Waals surface area contributed by atoms with Gasteiger partial charge in [-0.3, -0.25) is 19.4 Å². The van der Waals surface area contributed by atoms with Gasteiger partial charge in [0.1, 0.15) is 57.7 Å². The van der Waals surface area contributed by atoms with Crippen molar-refractivity contribution in [2.24, 2.45) is 14.1 Å². The number of thiazole rings is 2. The van der Waals surface area contributed by atoms with Crippen LogP contribution in [0, 0.1) is 111 Å². The number of pyridine rings is 1. The minimum atomic E-state index is 0.606. The molecule has 1 aromatic carbocycles. The molecule has 33 nitrogen and oxygen atoms in total. The Morgan fingerprint density at radius 2 is 1.31 bits per heavy atom. The fraction of sp³-hybridized carbons (Fsp3) is 0.281. The maximum Gasteiger partial charge on any atom is 0.223 e. The molecule has 0 radical (unpaired) electrons. The molecule has 4 N–H and O–H groups in total. The summed E-state index contributed by atoms with van der Waals surface area (Å²) in [6, 6.07) is 14.2. The van der Waals surface area contributed by atoms with Crippen molar-refractivity contribution in [1.82, 2.24) is 145 Å². The van der Waals surface area contributed by atoms with Gasteiger partial charge in [-0.1, -0.05) is 29.4 Å². The molecule has 0 unspecified atom stereocenters. The molecule has 0 bridgehead atoms. The van der Waals surface area contributed by atoms with E-state index < -0.39 is 0 Å². The van der Waals surface area contributed by atoms with E-state index in [1.165, 1.54) is 63.2 Å². The summed E-state index contributed by atoms with van der Waals surface area (Å²) in [6.45, 7) is 30.6. The number of hydrogen-bond acceptors (Lipinski definition) is 30. The Balaban J connectivity index is 0.000000282. The van der Waals surface area contributed by atoms with Crippen LogP contribution in [-0.4, -0.2) is 145 Å². The van der Waals surface area contributed by atoms with E-state index in [1.54, 1.807) is 109 Å². The molecule has 0 aliphatic heterocycles. The molecule has 16 aromatic heterocycles. The normalized spacial score (nSPS) is 9.29. The van der Waals surface area contributed by atoms with Crippen LogP contribution in [0.3, 0.4) is 0 Å². The summed E-state index contributed by atoms with van der Waals surface area (Å²) in [7, 11) is 3.86. The molecule has 0 aliphatic carbocycles. The second-order valence-corrected chi connectivity index (χ2v) is 24.3. The fourth-order valence-electron chi connectivity index (χ4n) is 6.16. The number of nitrogens with zero attached hydrogens (tertiary/aromatic N) is 25. The summed E-state index contributed by atoms with van der Waals surface area (Å²) in [5.41, 5.74) is 9.96. The number of benzene rings is 1. The van der Waals surface area contributed by atoms with Crippen molar-refractivity contribution in [2.45, 2.75) is 111 Å². The Labute approximate surface area is 600 Å². The lowest BCUT2D eigenvalue weighted by atomic mass is 10.3. The number of aryl methyl sites for hydroxylation is 18.